The summed E-state index contributed by atoms with van der Waals surface area (Å²) in [6, 6.07) is 2.73. The first-order valence-electron chi connectivity index (χ1n) is 4.43. The molecule has 1 N–H and O–H groups in total. The Balaban J connectivity index is 2.84. The van der Waals surface area contributed by atoms with Crippen LogP contribution in [0, 0.1) is 5.82 Å². The van der Waals surface area contributed by atoms with Gasteiger partial charge in [0.05, 0.1) is 17.4 Å². The lowest BCUT2D eigenvalue weighted by molar-refractivity contribution is 0.319. The molecule has 78 valence electrons. The lowest BCUT2D eigenvalue weighted by Gasteiger charge is -2.02. The topological polar surface area (TPSA) is 50.4 Å². The van der Waals surface area contributed by atoms with Crippen LogP contribution in [0.25, 0.3) is 10.9 Å². The standard InChI is InChI=1S/C10H10FN3O/c1-6(13-15)8-3-7(11)4-10-9(8)5-12-14(10)2/h3-5,15H,1-2H3. The van der Waals surface area contributed by atoms with Gasteiger partial charge < -0.3 is 5.21 Å². The molecule has 0 bridgehead atoms. The van der Waals surface area contributed by atoms with Gasteiger partial charge in [0, 0.05) is 18.0 Å². The largest absolute Gasteiger partial charge is 0.411 e. The van der Waals surface area contributed by atoms with Crippen molar-refractivity contribution in [2.45, 2.75) is 6.92 Å². The number of nitrogens with zero attached hydrogens (tertiary/aromatic N) is 3. The van der Waals surface area contributed by atoms with Crippen LogP contribution in [0.3, 0.4) is 0 Å². The van der Waals surface area contributed by atoms with Crippen LogP contribution in [0.1, 0.15) is 12.5 Å². The average Bonchev–Trinajstić information content (AvgIpc) is 2.58. The minimum Gasteiger partial charge on any atom is -0.411 e. The maximum Gasteiger partial charge on any atom is 0.126 e. The minimum atomic E-state index is -0.371. The highest BCUT2D eigenvalue weighted by atomic mass is 19.1. The molecule has 0 amide bonds. The van der Waals surface area contributed by atoms with Gasteiger partial charge in [-0.3, -0.25) is 4.68 Å². The van der Waals surface area contributed by atoms with Gasteiger partial charge >= 0.3 is 0 Å². The molecule has 0 saturated carbocycles. The Morgan fingerprint density at radius 2 is 2.27 bits per heavy atom. The summed E-state index contributed by atoms with van der Waals surface area (Å²) in [6.45, 7) is 1.61. The number of rotatable bonds is 1. The molecule has 0 radical (unpaired) electrons. The van der Waals surface area contributed by atoms with E-state index in [-0.39, 0.29) is 5.82 Å². The van der Waals surface area contributed by atoms with Crippen molar-refractivity contribution in [3.8, 4) is 0 Å². The second-order valence-corrected chi connectivity index (χ2v) is 3.34. The summed E-state index contributed by atoms with van der Waals surface area (Å²) >= 11 is 0. The molecule has 1 aromatic carbocycles. The van der Waals surface area contributed by atoms with Gasteiger partial charge in [0.1, 0.15) is 5.82 Å². The number of benzene rings is 1. The SMILES string of the molecule is CC(=NO)c1cc(F)cc2c1cnn2C. The number of fused-ring (bicyclic) bond motifs is 1. The number of hydrogen-bond acceptors (Lipinski definition) is 3. The fourth-order valence-electron chi connectivity index (χ4n) is 1.57. The van der Waals surface area contributed by atoms with Crippen molar-refractivity contribution in [3.05, 3.63) is 29.7 Å². The number of aromatic nitrogens is 2. The van der Waals surface area contributed by atoms with Crippen LogP contribution in [0.2, 0.25) is 0 Å². The Morgan fingerprint density at radius 1 is 1.53 bits per heavy atom. The van der Waals surface area contributed by atoms with E-state index in [1.807, 2.05) is 0 Å². The van der Waals surface area contributed by atoms with Crippen molar-refractivity contribution in [2.75, 3.05) is 0 Å². The third-order valence-corrected chi connectivity index (χ3v) is 2.37. The molecule has 0 aliphatic carbocycles. The quantitative estimate of drug-likeness (QED) is 0.441. The minimum absolute atomic E-state index is 0.368. The van der Waals surface area contributed by atoms with Gasteiger partial charge in [-0.05, 0) is 19.1 Å². The fraction of sp³-hybridized carbons (Fsp3) is 0.200. The van der Waals surface area contributed by atoms with Gasteiger partial charge in [-0.1, -0.05) is 5.16 Å². The molecule has 0 unspecified atom stereocenters. The van der Waals surface area contributed by atoms with Crippen molar-refractivity contribution in [3.63, 3.8) is 0 Å². The van der Waals surface area contributed by atoms with Crippen LogP contribution in [-0.2, 0) is 7.05 Å². The molecule has 4 nitrogen and oxygen atoms in total. The number of hydrogen-bond donors (Lipinski definition) is 1. The van der Waals surface area contributed by atoms with Crippen molar-refractivity contribution >= 4 is 16.6 Å². The molecule has 5 heteroatoms. The second-order valence-electron chi connectivity index (χ2n) is 3.34. The highest BCUT2D eigenvalue weighted by molar-refractivity contribution is 6.08. The predicted octanol–water partition coefficient (Wildman–Crippen LogP) is 1.91. The van der Waals surface area contributed by atoms with E-state index >= 15 is 0 Å². The summed E-state index contributed by atoms with van der Waals surface area (Å²) in [7, 11) is 1.73. The molecule has 0 aliphatic heterocycles. The maximum atomic E-state index is 13.3. The molecule has 2 rings (SSSR count). The van der Waals surface area contributed by atoms with Crippen LogP contribution < -0.4 is 0 Å². The van der Waals surface area contributed by atoms with E-state index in [0.29, 0.717) is 16.8 Å². The number of oxime groups is 1. The lowest BCUT2D eigenvalue weighted by atomic mass is 10.1. The van der Waals surface area contributed by atoms with Crippen molar-refractivity contribution < 1.29 is 9.60 Å². The smallest absolute Gasteiger partial charge is 0.126 e. The first-order valence-corrected chi connectivity index (χ1v) is 4.43. The predicted molar refractivity (Wildman–Crippen MR) is 54.7 cm³/mol. The first-order chi connectivity index (χ1) is 7.13. The van der Waals surface area contributed by atoms with Gasteiger partial charge in [-0.15, -0.1) is 0 Å². The zero-order chi connectivity index (χ0) is 11.0. The second kappa shape index (κ2) is 3.34. The molecule has 0 saturated heterocycles. The molecule has 1 heterocycles. The number of halogens is 1. The van der Waals surface area contributed by atoms with Crippen LogP contribution >= 0.6 is 0 Å². The van der Waals surface area contributed by atoms with Gasteiger partial charge in [0.25, 0.3) is 0 Å². The summed E-state index contributed by atoms with van der Waals surface area (Å²) in [5.74, 6) is -0.371. The van der Waals surface area contributed by atoms with E-state index in [1.54, 1.807) is 24.9 Å². The molecular formula is C10H10FN3O. The fourth-order valence-corrected chi connectivity index (χ4v) is 1.57. The van der Waals surface area contributed by atoms with E-state index in [4.69, 9.17) is 5.21 Å². The molecule has 15 heavy (non-hydrogen) atoms. The van der Waals surface area contributed by atoms with Crippen LogP contribution in [0.5, 0.6) is 0 Å². The molecule has 2 aromatic rings. The van der Waals surface area contributed by atoms with Crippen molar-refractivity contribution in [1.82, 2.24) is 9.78 Å². The van der Waals surface area contributed by atoms with E-state index in [0.717, 1.165) is 5.39 Å². The molecule has 0 aliphatic rings. The normalized spacial score (nSPS) is 12.3. The number of aryl methyl sites for hydroxylation is 1. The molecule has 0 fully saturated rings. The summed E-state index contributed by atoms with van der Waals surface area (Å²) in [6.07, 6.45) is 1.62. The summed E-state index contributed by atoms with van der Waals surface area (Å²) in [5.41, 5.74) is 1.60. The van der Waals surface area contributed by atoms with Crippen molar-refractivity contribution in [2.24, 2.45) is 12.2 Å². The van der Waals surface area contributed by atoms with E-state index in [1.165, 1.54) is 12.1 Å². The van der Waals surface area contributed by atoms with Crippen LogP contribution in [-0.4, -0.2) is 20.7 Å². The monoisotopic (exact) mass is 207 g/mol. The third kappa shape index (κ3) is 1.45. The Labute approximate surface area is 85.6 Å². The summed E-state index contributed by atoms with van der Waals surface area (Å²) in [4.78, 5) is 0. The van der Waals surface area contributed by atoms with E-state index in [9.17, 15) is 4.39 Å². The Morgan fingerprint density at radius 3 is 2.93 bits per heavy atom. The molecule has 0 spiro atoms. The highest BCUT2D eigenvalue weighted by Gasteiger charge is 2.10. The first kappa shape index (κ1) is 9.64. The maximum absolute atomic E-state index is 13.3. The Bertz CT molecular complexity index is 545. The average molecular weight is 207 g/mol. The van der Waals surface area contributed by atoms with Gasteiger partial charge in [-0.25, -0.2) is 4.39 Å². The highest BCUT2D eigenvalue weighted by Crippen LogP contribution is 2.20. The van der Waals surface area contributed by atoms with Gasteiger partial charge in [0.15, 0.2) is 0 Å². The molecule has 0 atom stereocenters. The van der Waals surface area contributed by atoms with Gasteiger partial charge in [-0.2, -0.15) is 5.10 Å². The summed E-state index contributed by atoms with van der Waals surface area (Å²) in [5, 5.41) is 16.6. The zero-order valence-electron chi connectivity index (χ0n) is 8.40. The Kier molecular flexibility index (Phi) is 2.15. The van der Waals surface area contributed by atoms with Crippen LogP contribution in [0.15, 0.2) is 23.5 Å². The lowest BCUT2D eigenvalue weighted by Crippen LogP contribution is -1.97. The molecular weight excluding hydrogens is 197 g/mol. The Hall–Kier alpha value is -1.91. The summed E-state index contributed by atoms with van der Waals surface area (Å²) < 4.78 is 14.8. The van der Waals surface area contributed by atoms with Crippen molar-refractivity contribution in [1.29, 1.82) is 0 Å². The van der Waals surface area contributed by atoms with Crippen LogP contribution in [0.4, 0.5) is 4.39 Å². The zero-order valence-corrected chi connectivity index (χ0v) is 8.40. The third-order valence-electron chi connectivity index (χ3n) is 2.37. The molecule has 1 aromatic heterocycles. The van der Waals surface area contributed by atoms with E-state index in [2.05, 4.69) is 10.3 Å². The van der Waals surface area contributed by atoms with Gasteiger partial charge in [0.2, 0.25) is 0 Å². The van der Waals surface area contributed by atoms with E-state index < -0.39 is 0 Å².